The van der Waals surface area contributed by atoms with E-state index in [-0.39, 0.29) is 30.1 Å². The minimum atomic E-state index is -0.0731. The molecule has 5 nitrogen and oxygen atoms in total. The summed E-state index contributed by atoms with van der Waals surface area (Å²) in [6, 6.07) is 7.38. The van der Waals surface area contributed by atoms with Gasteiger partial charge in [-0.05, 0) is 24.2 Å². The Morgan fingerprint density at radius 1 is 1.13 bits per heavy atom. The van der Waals surface area contributed by atoms with Gasteiger partial charge in [0.2, 0.25) is 5.91 Å². The Hall–Kier alpha value is -1.59. The molecule has 0 heterocycles. The predicted octanol–water partition coefficient (Wildman–Crippen LogP) is 2.06. The average Bonchev–Trinajstić information content (AvgIpc) is 2.51. The second-order valence-electron chi connectivity index (χ2n) is 5.66. The third-order valence-corrected chi connectivity index (χ3v) is 3.34. The summed E-state index contributed by atoms with van der Waals surface area (Å²) in [6.07, 6.45) is 0. The Labute approximate surface area is 145 Å². The van der Waals surface area contributed by atoms with E-state index in [1.807, 2.05) is 32.9 Å². The molecule has 0 aromatic heterocycles. The standard InChI is InChI=1S/C17H27N3O2.ClH/c1-5-18-10-11-19-16(21)15-8-6-14(7-9-15)12-20(4)17(22)13(2)3;/h6-9,13,18H,5,10-12H2,1-4H3,(H,19,21);1H. The highest BCUT2D eigenvalue weighted by Crippen LogP contribution is 2.09. The summed E-state index contributed by atoms with van der Waals surface area (Å²) >= 11 is 0. The molecule has 0 atom stereocenters. The third kappa shape index (κ3) is 7.48. The van der Waals surface area contributed by atoms with E-state index < -0.39 is 0 Å². The van der Waals surface area contributed by atoms with E-state index in [4.69, 9.17) is 0 Å². The summed E-state index contributed by atoms with van der Waals surface area (Å²) in [5, 5.41) is 6.01. The van der Waals surface area contributed by atoms with Crippen LogP contribution in [0.1, 0.15) is 36.7 Å². The Morgan fingerprint density at radius 2 is 1.74 bits per heavy atom. The van der Waals surface area contributed by atoms with Crippen LogP contribution in [0.2, 0.25) is 0 Å². The fourth-order valence-electron chi connectivity index (χ4n) is 2.10. The minimum absolute atomic E-state index is 0. The van der Waals surface area contributed by atoms with Crippen molar-refractivity contribution in [3.8, 4) is 0 Å². The van der Waals surface area contributed by atoms with E-state index >= 15 is 0 Å². The van der Waals surface area contributed by atoms with E-state index in [9.17, 15) is 9.59 Å². The largest absolute Gasteiger partial charge is 0.351 e. The lowest BCUT2D eigenvalue weighted by Gasteiger charge is -2.19. The summed E-state index contributed by atoms with van der Waals surface area (Å²) in [4.78, 5) is 25.5. The minimum Gasteiger partial charge on any atom is -0.351 e. The van der Waals surface area contributed by atoms with Crippen LogP contribution in [-0.4, -0.2) is 43.4 Å². The van der Waals surface area contributed by atoms with Crippen LogP contribution in [0, 0.1) is 5.92 Å². The lowest BCUT2D eigenvalue weighted by atomic mass is 10.1. The van der Waals surface area contributed by atoms with Crippen LogP contribution in [0.15, 0.2) is 24.3 Å². The van der Waals surface area contributed by atoms with Gasteiger partial charge in [0.15, 0.2) is 0 Å². The van der Waals surface area contributed by atoms with Crippen molar-refractivity contribution in [2.24, 2.45) is 5.92 Å². The molecule has 6 heteroatoms. The summed E-state index contributed by atoms with van der Waals surface area (Å²) in [5.74, 6) is 0.0353. The zero-order valence-electron chi connectivity index (χ0n) is 14.4. The van der Waals surface area contributed by atoms with Gasteiger partial charge in [-0.2, -0.15) is 0 Å². The van der Waals surface area contributed by atoms with Gasteiger partial charge in [0.1, 0.15) is 0 Å². The summed E-state index contributed by atoms with van der Waals surface area (Å²) in [7, 11) is 1.80. The molecule has 0 radical (unpaired) electrons. The average molecular weight is 342 g/mol. The van der Waals surface area contributed by atoms with E-state index in [2.05, 4.69) is 10.6 Å². The second kappa shape index (κ2) is 11.0. The normalized spacial score (nSPS) is 10.1. The molecule has 0 aliphatic heterocycles. The van der Waals surface area contributed by atoms with Crippen molar-refractivity contribution in [3.63, 3.8) is 0 Å². The van der Waals surface area contributed by atoms with Crippen molar-refractivity contribution < 1.29 is 9.59 Å². The van der Waals surface area contributed by atoms with E-state index in [1.54, 1.807) is 24.1 Å². The molecule has 0 unspecified atom stereocenters. The fourth-order valence-corrected chi connectivity index (χ4v) is 2.10. The first kappa shape index (κ1) is 21.4. The van der Waals surface area contributed by atoms with E-state index in [0.717, 1.165) is 18.7 Å². The monoisotopic (exact) mass is 341 g/mol. The zero-order valence-corrected chi connectivity index (χ0v) is 15.2. The number of benzene rings is 1. The smallest absolute Gasteiger partial charge is 0.251 e. The topological polar surface area (TPSA) is 61.4 Å². The van der Waals surface area contributed by atoms with Crippen LogP contribution in [0.25, 0.3) is 0 Å². The summed E-state index contributed by atoms with van der Waals surface area (Å²) in [5.41, 5.74) is 1.65. The second-order valence-corrected chi connectivity index (χ2v) is 5.66. The third-order valence-electron chi connectivity index (χ3n) is 3.34. The van der Waals surface area contributed by atoms with Gasteiger partial charge >= 0.3 is 0 Å². The van der Waals surface area contributed by atoms with Crippen LogP contribution in [0.3, 0.4) is 0 Å². The molecule has 0 fully saturated rings. The maximum absolute atomic E-state index is 11.9. The molecule has 23 heavy (non-hydrogen) atoms. The molecule has 0 aliphatic rings. The van der Waals surface area contributed by atoms with Crippen LogP contribution in [0.4, 0.5) is 0 Å². The molecule has 2 N–H and O–H groups in total. The van der Waals surface area contributed by atoms with Crippen molar-refractivity contribution in [2.75, 3.05) is 26.7 Å². The van der Waals surface area contributed by atoms with Crippen molar-refractivity contribution in [3.05, 3.63) is 35.4 Å². The van der Waals surface area contributed by atoms with Crippen LogP contribution in [-0.2, 0) is 11.3 Å². The molecular weight excluding hydrogens is 314 g/mol. The van der Waals surface area contributed by atoms with Gasteiger partial charge in [-0.25, -0.2) is 0 Å². The van der Waals surface area contributed by atoms with Gasteiger partial charge in [0, 0.05) is 38.2 Å². The number of nitrogens with one attached hydrogen (secondary N) is 2. The number of likely N-dealkylation sites (N-methyl/N-ethyl adjacent to an activating group) is 1. The van der Waals surface area contributed by atoms with Crippen LogP contribution >= 0.6 is 12.4 Å². The molecule has 1 rings (SSSR count). The van der Waals surface area contributed by atoms with Crippen molar-refractivity contribution >= 4 is 24.2 Å². The highest BCUT2D eigenvalue weighted by Gasteiger charge is 2.13. The number of amides is 2. The molecule has 130 valence electrons. The Kier molecular flexibility index (Phi) is 10.3. The molecule has 0 saturated heterocycles. The Balaban J connectivity index is 0.00000484. The zero-order chi connectivity index (χ0) is 16.5. The molecule has 0 bridgehead atoms. The van der Waals surface area contributed by atoms with Crippen LogP contribution < -0.4 is 10.6 Å². The molecule has 1 aromatic carbocycles. The number of halogens is 1. The molecule has 0 spiro atoms. The van der Waals surface area contributed by atoms with Gasteiger partial charge in [0.05, 0.1) is 0 Å². The molecule has 0 aliphatic carbocycles. The Bertz CT molecular complexity index is 489. The van der Waals surface area contributed by atoms with Gasteiger partial charge in [-0.15, -0.1) is 12.4 Å². The van der Waals surface area contributed by atoms with Gasteiger partial charge in [-0.1, -0.05) is 32.9 Å². The van der Waals surface area contributed by atoms with Crippen molar-refractivity contribution in [2.45, 2.75) is 27.3 Å². The fraction of sp³-hybridized carbons (Fsp3) is 0.529. The number of carbonyl (C=O) groups is 2. The number of hydrogen-bond donors (Lipinski definition) is 2. The number of rotatable bonds is 8. The van der Waals surface area contributed by atoms with Crippen molar-refractivity contribution in [1.82, 2.24) is 15.5 Å². The Morgan fingerprint density at radius 3 is 2.26 bits per heavy atom. The molecular formula is C17H28ClN3O2. The molecule has 1 aromatic rings. The first-order valence-electron chi connectivity index (χ1n) is 7.78. The van der Waals surface area contributed by atoms with E-state index in [0.29, 0.717) is 18.7 Å². The number of carbonyl (C=O) groups excluding carboxylic acids is 2. The molecule has 0 saturated carbocycles. The first-order chi connectivity index (χ1) is 10.5. The quantitative estimate of drug-likeness (QED) is 0.711. The number of hydrogen-bond acceptors (Lipinski definition) is 3. The lowest BCUT2D eigenvalue weighted by molar-refractivity contribution is -0.133. The predicted molar refractivity (Wildman–Crippen MR) is 95.9 cm³/mol. The van der Waals surface area contributed by atoms with E-state index in [1.165, 1.54) is 0 Å². The first-order valence-corrected chi connectivity index (χ1v) is 7.78. The number of nitrogens with zero attached hydrogens (tertiary/aromatic N) is 1. The SMILES string of the molecule is CCNCCNC(=O)c1ccc(CN(C)C(=O)C(C)C)cc1.Cl. The highest BCUT2D eigenvalue weighted by molar-refractivity contribution is 5.94. The summed E-state index contributed by atoms with van der Waals surface area (Å²) in [6.45, 7) is 8.63. The molecule has 2 amide bonds. The van der Waals surface area contributed by atoms with Gasteiger partial charge in [0.25, 0.3) is 5.91 Å². The maximum atomic E-state index is 11.9. The van der Waals surface area contributed by atoms with Gasteiger partial charge in [-0.3, -0.25) is 9.59 Å². The maximum Gasteiger partial charge on any atom is 0.251 e. The highest BCUT2D eigenvalue weighted by atomic mass is 35.5. The lowest BCUT2D eigenvalue weighted by Crippen LogP contribution is -2.31. The van der Waals surface area contributed by atoms with Crippen molar-refractivity contribution in [1.29, 1.82) is 0 Å². The van der Waals surface area contributed by atoms with Gasteiger partial charge < -0.3 is 15.5 Å². The summed E-state index contributed by atoms with van der Waals surface area (Å²) < 4.78 is 0. The van der Waals surface area contributed by atoms with Crippen LogP contribution in [0.5, 0.6) is 0 Å².